The minimum Gasteiger partial charge on any atom is -0.210 e. The molecule has 0 aliphatic carbocycles. The number of hydrogen-bond acceptors (Lipinski definition) is 3. The summed E-state index contributed by atoms with van der Waals surface area (Å²) in [5.41, 5.74) is 1.05. The van der Waals surface area contributed by atoms with Crippen molar-refractivity contribution in [2.45, 2.75) is 48.2 Å². The first kappa shape index (κ1) is 19.0. The van der Waals surface area contributed by atoms with E-state index < -0.39 is 10.0 Å². The summed E-state index contributed by atoms with van der Waals surface area (Å²) in [5, 5.41) is 0.229. The number of sulfonamides is 1. The van der Waals surface area contributed by atoms with E-state index in [1.165, 1.54) is 4.90 Å². The summed E-state index contributed by atoms with van der Waals surface area (Å²) in [5.74, 6) is 0. The van der Waals surface area contributed by atoms with E-state index in [1.54, 1.807) is 23.9 Å². The highest BCUT2D eigenvalue weighted by Gasteiger charge is 2.17. The lowest BCUT2D eigenvalue weighted by Crippen LogP contribution is -2.30. The SMILES string of the molecule is CCCCC(CNS(=O)(=O)c1ccc(C)cc1)Sc1ccccc1. The molecule has 0 bridgehead atoms. The van der Waals surface area contributed by atoms with Crippen molar-refractivity contribution in [3.8, 4) is 0 Å². The van der Waals surface area contributed by atoms with Gasteiger partial charge in [-0.05, 0) is 37.6 Å². The number of thioether (sulfide) groups is 1. The van der Waals surface area contributed by atoms with Crippen LogP contribution in [0.4, 0.5) is 0 Å². The second-order valence-corrected chi connectivity index (χ2v) is 9.00. The molecule has 0 saturated heterocycles. The molecule has 0 amide bonds. The van der Waals surface area contributed by atoms with Gasteiger partial charge in [-0.1, -0.05) is 55.7 Å². The van der Waals surface area contributed by atoms with Crippen molar-refractivity contribution in [1.82, 2.24) is 4.72 Å². The first-order valence-electron chi connectivity index (χ1n) is 8.29. The molecule has 1 atom stereocenters. The van der Waals surface area contributed by atoms with Gasteiger partial charge in [-0.2, -0.15) is 0 Å². The fourth-order valence-corrected chi connectivity index (χ4v) is 4.67. The minimum atomic E-state index is -3.45. The molecule has 2 aromatic rings. The molecule has 130 valence electrons. The van der Waals surface area contributed by atoms with Crippen LogP contribution in [0, 0.1) is 6.92 Å². The van der Waals surface area contributed by atoms with Crippen molar-refractivity contribution < 1.29 is 8.42 Å². The minimum absolute atomic E-state index is 0.229. The number of unbranched alkanes of at least 4 members (excludes halogenated alkanes) is 1. The van der Waals surface area contributed by atoms with Gasteiger partial charge in [0.25, 0.3) is 0 Å². The summed E-state index contributed by atoms with van der Waals surface area (Å²) in [6.45, 7) is 4.54. The molecule has 0 aliphatic rings. The number of benzene rings is 2. The van der Waals surface area contributed by atoms with E-state index in [9.17, 15) is 8.42 Å². The van der Waals surface area contributed by atoms with Crippen LogP contribution in [0.15, 0.2) is 64.4 Å². The highest BCUT2D eigenvalue weighted by Crippen LogP contribution is 2.26. The normalized spacial score (nSPS) is 12.9. The van der Waals surface area contributed by atoms with Crippen LogP contribution in [-0.4, -0.2) is 20.2 Å². The number of rotatable bonds is 9. The zero-order valence-electron chi connectivity index (χ0n) is 14.2. The Bertz CT molecular complexity index is 713. The van der Waals surface area contributed by atoms with E-state index in [4.69, 9.17) is 0 Å². The number of hydrogen-bond donors (Lipinski definition) is 1. The van der Waals surface area contributed by atoms with Crippen molar-refractivity contribution in [3.63, 3.8) is 0 Å². The molecule has 0 aromatic heterocycles. The molecule has 0 heterocycles. The average Bonchev–Trinajstić information content (AvgIpc) is 2.58. The summed E-state index contributed by atoms with van der Waals surface area (Å²) in [7, 11) is -3.45. The van der Waals surface area contributed by atoms with Crippen molar-refractivity contribution in [1.29, 1.82) is 0 Å². The highest BCUT2D eigenvalue weighted by molar-refractivity contribution is 8.00. The zero-order chi connectivity index (χ0) is 17.4. The number of aryl methyl sites for hydroxylation is 1. The van der Waals surface area contributed by atoms with E-state index in [0.717, 1.165) is 24.8 Å². The second-order valence-electron chi connectivity index (χ2n) is 5.86. The molecule has 0 saturated carbocycles. The summed E-state index contributed by atoms with van der Waals surface area (Å²) in [4.78, 5) is 1.50. The van der Waals surface area contributed by atoms with Gasteiger partial charge in [0.2, 0.25) is 10.0 Å². The predicted molar refractivity (Wildman–Crippen MR) is 102 cm³/mol. The largest absolute Gasteiger partial charge is 0.240 e. The zero-order valence-corrected chi connectivity index (χ0v) is 15.9. The van der Waals surface area contributed by atoms with Gasteiger partial charge in [-0.3, -0.25) is 0 Å². The Morgan fingerprint density at radius 2 is 1.71 bits per heavy atom. The average molecular weight is 364 g/mol. The summed E-state index contributed by atoms with van der Waals surface area (Å²) in [6, 6.07) is 17.1. The van der Waals surface area contributed by atoms with Crippen molar-refractivity contribution >= 4 is 21.8 Å². The van der Waals surface area contributed by atoms with Crippen LogP contribution < -0.4 is 4.72 Å². The fourth-order valence-electron chi connectivity index (χ4n) is 2.33. The third kappa shape index (κ3) is 5.96. The van der Waals surface area contributed by atoms with Gasteiger partial charge in [0.1, 0.15) is 0 Å². The van der Waals surface area contributed by atoms with Crippen LogP contribution in [0.2, 0.25) is 0 Å². The Balaban J connectivity index is 2.02. The maximum atomic E-state index is 12.5. The predicted octanol–water partition coefficient (Wildman–Crippen LogP) is 4.62. The fraction of sp³-hybridized carbons (Fsp3) is 0.368. The van der Waals surface area contributed by atoms with Gasteiger partial charge in [-0.25, -0.2) is 13.1 Å². The number of nitrogens with one attached hydrogen (secondary N) is 1. The molecule has 2 rings (SSSR count). The molecule has 3 nitrogen and oxygen atoms in total. The van der Waals surface area contributed by atoms with E-state index in [0.29, 0.717) is 11.4 Å². The van der Waals surface area contributed by atoms with Gasteiger partial charge in [0.15, 0.2) is 0 Å². The van der Waals surface area contributed by atoms with Crippen molar-refractivity contribution in [2.75, 3.05) is 6.54 Å². The van der Waals surface area contributed by atoms with E-state index >= 15 is 0 Å². The Morgan fingerprint density at radius 1 is 1.04 bits per heavy atom. The van der Waals surface area contributed by atoms with Crippen LogP contribution in [-0.2, 0) is 10.0 Å². The maximum absolute atomic E-state index is 12.5. The van der Waals surface area contributed by atoms with E-state index in [2.05, 4.69) is 23.8 Å². The maximum Gasteiger partial charge on any atom is 0.240 e. The van der Waals surface area contributed by atoms with Crippen molar-refractivity contribution in [2.24, 2.45) is 0 Å². The second kappa shape index (κ2) is 9.25. The van der Waals surface area contributed by atoms with Gasteiger partial charge in [0, 0.05) is 16.7 Å². The molecule has 5 heteroatoms. The third-order valence-corrected chi connectivity index (χ3v) is 6.48. The van der Waals surface area contributed by atoms with E-state index in [1.807, 2.05) is 37.3 Å². The van der Waals surface area contributed by atoms with Gasteiger partial charge >= 0.3 is 0 Å². The monoisotopic (exact) mass is 363 g/mol. The lowest BCUT2D eigenvalue weighted by molar-refractivity contribution is 0.575. The third-order valence-electron chi connectivity index (χ3n) is 3.76. The highest BCUT2D eigenvalue weighted by atomic mass is 32.2. The van der Waals surface area contributed by atoms with Crippen LogP contribution in [0.3, 0.4) is 0 Å². The van der Waals surface area contributed by atoms with Crippen LogP contribution in [0.25, 0.3) is 0 Å². The lowest BCUT2D eigenvalue weighted by atomic mass is 10.2. The lowest BCUT2D eigenvalue weighted by Gasteiger charge is -2.17. The van der Waals surface area contributed by atoms with Gasteiger partial charge in [-0.15, -0.1) is 11.8 Å². The molecular weight excluding hydrogens is 338 g/mol. The summed E-state index contributed by atoms with van der Waals surface area (Å²) < 4.78 is 27.7. The molecule has 0 aliphatic heterocycles. The molecule has 1 unspecified atom stereocenters. The van der Waals surface area contributed by atoms with Gasteiger partial charge < -0.3 is 0 Å². The quantitative estimate of drug-likeness (QED) is 0.661. The first-order chi connectivity index (χ1) is 11.5. The van der Waals surface area contributed by atoms with Crippen molar-refractivity contribution in [3.05, 3.63) is 60.2 Å². The molecule has 0 fully saturated rings. The Morgan fingerprint density at radius 3 is 2.33 bits per heavy atom. The first-order valence-corrected chi connectivity index (χ1v) is 10.7. The smallest absolute Gasteiger partial charge is 0.210 e. The topological polar surface area (TPSA) is 46.2 Å². The van der Waals surface area contributed by atoms with Gasteiger partial charge in [0.05, 0.1) is 4.90 Å². The molecular formula is C19H25NO2S2. The van der Waals surface area contributed by atoms with Crippen LogP contribution in [0.1, 0.15) is 31.7 Å². The molecule has 0 spiro atoms. The molecule has 24 heavy (non-hydrogen) atoms. The molecule has 2 aromatic carbocycles. The molecule has 1 N–H and O–H groups in total. The Kier molecular flexibility index (Phi) is 7.34. The Labute approximate surface area is 149 Å². The van der Waals surface area contributed by atoms with E-state index in [-0.39, 0.29) is 5.25 Å². The van der Waals surface area contributed by atoms with Crippen LogP contribution >= 0.6 is 11.8 Å². The molecule has 0 radical (unpaired) electrons. The Hall–Kier alpha value is -1.30. The standard InChI is InChI=1S/C19H25NO2S2/c1-3-4-8-18(23-17-9-6-5-7-10-17)15-20-24(21,22)19-13-11-16(2)12-14-19/h5-7,9-14,18,20H,3-4,8,15H2,1-2H3. The summed E-state index contributed by atoms with van der Waals surface area (Å²) in [6.07, 6.45) is 3.19. The summed E-state index contributed by atoms with van der Waals surface area (Å²) >= 11 is 1.74. The van der Waals surface area contributed by atoms with Crippen LogP contribution in [0.5, 0.6) is 0 Å².